The van der Waals surface area contributed by atoms with Crippen molar-refractivity contribution >= 4 is 11.7 Å². The van der Waals surface area contributed by atoms with E-state index in [9.17, 15) is 9.59 Å². The second kappa shape index (κ2) is 7.40. The number of amides is 1. The molecule has 0 heterocycles. The van der Waals surface area contributed by atoms with Gasteiger partial charge in [-0.05, 0) is 33.9 Å². The van der Waals surface area contributed by atoms with Gasteiger partial charge >= 0.3 is 0 Å². The Kier molecular flexibility index (Phi) is 6.96. The van der Waals surface area contributed by atoms with Gasteiger partial charge in [-0.15, -0.1) is 0 Å². The van der Waals surface area contributed by atoms with Gasteiger partial charge in [-0.1, -0.05) is 6.92 Å². The van der Waals surface area contributed by atoms with E-state index in [2.05, 4.69) is 17.1 Å². The largest absolute Gasteiger partial charge is 0.356 e. The monoisotopic (exact) mass is 214 g/mol. The van der Waals surface area contributed by atoms with Crippen molar-refractivity contribution in [3.8, 4) is 0 Å². The Labute approximate surface area is 92.0 Å². The number of rotatable bonds is 7. The smallest absolute Gasteiger partial charge is 0.227 e. The van der Waals surface area contributed by atoms with Gasteiger partial charge in [0.25, 0.3) is 0 Å². The van der Waals surface area contributed by atoms with Crippen molar-refractivity contribution in [3.63, 3.8) is 0 Å². The van der Waals surface area contributed by atoms with Gasteiger partial charge < -0.3 is 10.2 Å². The molecular formula is C11H22N2O2. The van der Waals surface area contributed by atoms with Crippen LogP contribution in [0, 0.1) is 0 Å². The lowest BCUT2D eigenvalue weighted by atomic mass is 10.1. The molecule has 0 bridgehead atoms. The second-order valence-corrected chi connectivity index (χ2v) is 4.04. The molecule has 0 aliphatic carbocycles. The third-order valence-corrected chi connectivity index (χ3v) is 2.41. The van der Waals surface area contributed by atoms with Gasteiger partial charge in [0.05, 0.1) is 6.42 Å². The Hall–Kier alpha value is -0.900. The van der Waals surface area contributed by atoms with Gasteiger partial charge in [-0.2, -0.15) is 0 Å². The first-order chi connectivity index (χ1) is 6.97. The Morgan fingerprint density at radius 2 is 1.93 bits per heavy atom. The molecule has 88 valence electrons. The van der Waals surface area contributed by atoms with Crippen LogP contribution in [0.15, 0.2) is 0 Å². The summed E-state index contributed by atoms with van der Waals surface area (Å²) in [5, 5.41) is 2.75. The molecule has 0 saturated heterocycles. The molecule has 0 radical (unpaired) electrons. The van der Waals surface area contributed by atoms with Crippen molar-refractivity contribution in [3.05, 3.63) is 0 Å². The number of carbonyl (C=O) groups is 2. The first-order valence-electron chi connectivity index (χ1n) is 5.40. The van der Waals surface area contributed by atoms with E-state index < -0.39 is 0 Å². The van der Waals surface area contributed by atoms with E-state index in [4.69, 9.17) is 0 Å². The number of Topliss-reactive ketones (excluding diaryl/α,β-unsaturated/α-hetero) is 1. The number of nitrogens with one attached hydrogen (secondary N) is 1. The summed E-state index contributed by atoms with van der Waals surface area (Å²) in [6.45, 7) is 4.19. The number of hydrogen-bond donors (Lipinski definition) is 1. The summed E-state index contributed by atoms with van der Waals surface area (Å²) in [4.78, 5) is 23.9. The van der Waals surface area contributed by atoms with Crippen LogP contribution in [-0.2, 0) is 9.59 Å². The molecule has 0 aromatic carbocycles. The standard InChI is InChI=1S/C11H22N2O2/c1-5-10(13(3)4)6-7-12-11(15)8-9(2)14/h10H,5-8H2,1-4H3,(H,12,15). The lowest BCUT2D eigenvalue weighted by Crippen LogP contribution is -2.33. The van der Waals surface area contributed by atoms with Gasteiger partial charge in [0.1, 0.15) is 5.78 Å². The molecule has 0 aliphatic heterocycles. The molecule has 1 amide bonds. The minimum Gasteiger partial charge on any atom is -0.356 e. The van der Waals surface area contributed by atoms with E-state index in [1.165, 1.54) is 6.92 Å². The maximum Gasteiger partial charge on any atom is 0.227 e. The van der Waals surface area contributed by atoms with E-state index >= 15 is 0 Å². The topological polar surface area (TPSA) is 49.4 Å². The van der Waals surface area contributed by atoms with Crippen LogP contribution in [-0.4, -0.2) is 43.3 Å². The normalized spacial score (nSPS) is 12.6. The zero-order valence-electron chi connectivity index (χ0n) is 10.2. The van der Waals surface area contributed by atoms with Crippen LogP contribution < -0.4 is 5.32 Å². The molecule has 0 aliphatic rings. The molecule has 0 fully saturated rings. The van der Waals surface area contributed by atoms with Crippen LogP contribution >= 0.6 is 0 Å². The molecule has 1 unspecified atom stereocenters. The summed E-state index contributed by atoms with van der Waals surface area (Å²) in [6.07, 6.45) is 1.99. The van der Waals surface area contributed by atoms with E-state index in [0.717, 1.165) is 12.8 Å². The summed E-state index contributed by atoms with van der Waals surface area (Å²) < 4.78 is 0. The molecule has 1 N–H and O–H groups in total. The first kappa shape index (κ1) is 14.1. The fourth-order valence-corrected chi connectivity index (χ4v) is 1.49. The maximum absolute atomic E-state index is 11.1. The summed E-state index contributed by atoms with van der Waals surface area (Å²) in [5.41, 5.74) is 0. The number of carbonyl (C=O) groups excluding carboxylic acids is 2. The third-order valence-electron chi connectivity index (χ3n) is 2.41. The Bertz CT molecular complexity index is 215. The lowest BCUT2D eigenvalue weighted by Gasteiger charge is -2.22. The predicted octanol–water partition coefficient (Wildman–Crippen LogP) is 0.812. The molecule has 4 heteroatoms. The van der Waals surface area contributed by atoms with Gasteiger partial charge in [0.15, 0.2) is 0 Å². The predicted molar refractivity (Wildman–Crippen MR) is 60.7 cm³/mol. The molecule has 15 heavy (non-hydrogen) atoms. The van der Waals surface area contributed by atoms with Gasteiger partial charge in [0, 0.05) is 12.6 Å². The highest BCUT2D eigenvalue weighted by Crippen LogP contribution is 2.02. The second-order valence-electron chi connectivity index (χ2n) is 4.04. The molecule has 1 atom stereocenters. The zero-order valence-corrected chi connectivity index (χ0v) is 10.2. The molecule has 0 rings (SSSR count). The van der Waals surface area contributed by atoms with Crippen molar-refractivity contribution in [2.24, 2.45) is 0 Å². The summed E-state index contributed by atoms with van der Waals surface area (Å²) in [7, 11) is 4.07. The molecule has 0 saturated carbocycles. The fraction of sp³-hybridized carbons (Fsp3) is 0.818. The zero-order chi connectivity index (χ0) is 11.8. The minimum absolute atomic E-state index is 0.00123. The van der Waals surface area contributed by atoms with E-state index in [0.29, 0.717) is 12.6 Å². The molecule has 0 aromatic rings. The van der Waals surface area contributed by atoms with Crippen molar-refractivity contribution in [2.75, 3.05) is 20.6 Å². The first-order valence-corrected chi connectivity index (χ1v) is 5.40. The number of nitrogens with zero attached hydrogens (tertiary/aromatic N) is 1. The number of ketones is 1. The highest BCUT2D eigenvalue weighted by Gasteiger charge is 2.09. The minimum atomic E-state index is -0.170. The maximum atomic E-state index is 11.1. The van der Waals surface area contributed by atoms with E-state index in [1.54, 1.807) is 0 Å². The number of hydrogen-bond acceptors (Lipinski definition) is 3. The average molecular weight is 214 g/mol. The van der Waals surface area contributed by atoms with Crippen LogP contribution in [0.25, 0.3) is 0 Å². The Morgan fingerprint density at radius 1 is 1.33 bits per heavy atom. The van der Waals surface area contributed by atoms with Crippen LogP contribution in [0.1, 0.15) is 33.1 Å². The van der Waals surface area contributed by atoms with Gasteiger partial charge in [-0.3, -0.25) is 9.59 Å². The van der Waals surface area contributed by atoms with Crippen molar-refractivity contribution in [1.29, 1.82) is 0 Å². The van der Waals surface area contributed by atoms with Crippen molar-refractivity contribution in [1.82, 2.24) is 10.2 Å². The van der Waals surface area contributed by atoms with E-state index in [-0.39, 0.29) is 18.1 Å². The van der Waals surface area contributed by atoms with Crippen molar-refractivity contribution in [2.45, 2.75) is 39.2 Å². The third kappa shape index (κ3) is 7.08. The summed E-state index contributed by atoms with van der Waals surface area (Å²) in [6, 6.07) is 0.489. The average Bonchev–Trinajstić information content (AvgIpc) is 2.10. The van der Waals surface area contributed by atoms with Crippen LogP contribution in [0.4, 0.5) is 0 Å². The van der Waals surface area contributed by atoms with Gasteiger partial charge in [0.2, 0.25) is 5.91 Å². The lowest BCUT2D eigenvalue weighted by molar-refractivity contribution is -0.127. The summed E-state index contributed by atoms with van der Waals surface area (Å²) >= 11 is 0. The Morgan fingerprint density at radius 3 is 2.33 bits per heavy atom. The molecule has 0 aromatic heterocycles. The van der Waals surface area contributed by atoms with Crippen LogP contribution in [0.5, 0.6) is 0 Å². The SMILES string of the molecule is CCC(CCNC(=O)CC(C)=O)N(C)C. The molecular weight excluding hydrogens is 192 g/mol. The highest BCUT2D eigenvalue weighted by molar-refractivity contribution is 5.96. The van der Waals surface area contributed by atoms with Crippen molar-refractivity contribution < 1.29 is 9.59 Å². The molecule has 0 spiro atoms. The van der Waals surface area contributed by atoms with Gasteiger partial charge in [-0.25, -0.2) is 0 Å². The van der Waals surface area contributed by atoms with Crippen LogP contribution in [0.3, 0.4) is 0 Å². The Balaban J connectivity index is 3.68. The highest BCUT2D eigenvalue weighted by atomic mass is 16.2. The van der Waals surface area contributed by atoms with E-state index in [1.807, 2.05) is 14.1 Å². The molecule has 4 nitrogen and oxygen atoms in total. The summed E-state index contributed by atoms with van der Waals surface area (Å²) in [5.74, 6) is -0.261. The van der Waals surface area contributed by atoms with Crippen LogP contribution in [0.2, 0.25) is 0 Å². The fourth-order valence-electron chi connectivity index (χ4n) is 1.49. The quantitative estimate of drug-likeness (QED) is 0.638.